The van der Waals surface area contributed by atoms with E-state index >= 15 is 0 Å². The first-order valence-electron chi connectivity index (χ1n) is 5.88. The number of carbonyl (C=O) groups is 1. The zero-order valence-electron chi connectivity index (χ0n) is 10.4. The zero-order chi connectivity index (χ0) is 13.7. The Labute approximate surface area is 116 Å². The van der Waals surface area contributed by atoms with Crippen molar-refractivity contribution in [2.75, 3.05) is 6.61 Å². The minimum atomic E-state index is 0.418. The lowest BCUT2D eigenvalue weighted by Crippen LogP contribution is -1.92. The van der Waals surface area contributed by atoms with E-state index < -0.39 is 0 Å². The summed E-state index contributed by atoms with van der Waals surface area (Å²) in [6.45, 7) is 2.54. The van der Waals surface area contributed by atoms with Crippen molar-refractivity contribution in [1.82, 2.24) is 0 Å². The van der Waals surface area contributed by atoms with Gasteiger partial charge in [-0.05, 0) is 49.4 Å². The van der Waals surface area contributed by atoms with Gasteiger partial charge in [0.1, 0.15) is 17.2 Å². The summed E-state index contributed by atoms with van der Waals surface area (Å²) >= 11 is 5.82. The highest BCUT2D eigenvalue weighted by atomic mass is 35.5. The molecule has 19 heavy (non-hydrogen) atoms. The average molecular weight is 277 g/mol. The average Bonchev–Trinajstić information content (AvgIpc) is 2.43. The summed E-state index contributed by atoms with van der Waals surface area (Å²) in [6.07, 6.45) is 0.718. The van der Waals surface area contributed by atoms with Crippen LogP contribution in [-0.2, 0) is 0 Å². The van der Waals surface area contributed by atoms with Gasteiger partial charge < -0.3 is 9.47 Å². The maximum Gasteiger partial charge on any atom is 0.153 e. The van der Waals surface area contributed by atoms with Crippen LogP contribution in [0.5, 0.6) is 17.2 Å². The molecule has 0 aromatic heterocycles. The number of rotatable bonds is 5. The predicted molar refractivity (Wildman–Crippen MR) is 74.5 cm³/mol. The minimum absolute atomic E-state index is 0.418. The van der Waals surface area contributed by atoms with Crippen LogP contribution in [0.3, 0.4) is 0 Å². The summed E-state index contributed by atoms with van der Waals surface area (Å²) in [4.78, 5) is 11.0. The Morgan fingerprint density at radius 2 is 1.79 bits per heavy atom. The van der Waals surface area contributed by atoms with Gasteiger partial charge in [-0.25, -0.2) is 0 Å². The van der Waals surface area contributed by atoms with E-state index in [1.165, 1.54) is 0 Å². The molecule has 0 fully saturated rings. The maximum atomic E-state index is 11.0. The Bertz CT molecular complexity index is 564. The number of aldehydes is 1. The summed E-state index contributed by atoms with van der Waals surface area (Å²) in [5, 5.41) is 0.501. The molecular formula is C15H13ClO3. The van der Waals surface area contributed by atoms with Crippen molar-refractivity contribution in [2.45, 2.75) is 6.92 Å². The maximum absolute atomic E-state index is 11.0. The van der Waals surface area contributed by atoms with Crippen molar-refractivity contribution in [3.63, 3.8) is 0 Å². The van der Waals surface area contributed by atoms with Gasteiger partial charge in [-0.2, -0.15) is 0 Å². The van der Waals surface area contributed by atoms with Crippen molar-refractivity contribution >= 4 is 17.9 Å². The second kappa shape index (κ2) is 6.25. The summed E-state index contributed by atoms with van der Waals surface area (Å²) in [6, 6.07) is 12.1. The normalized spacial score (nSPS) is 10.0. The molecule has 0 saturated heterocycles. The molecule has 0 aliphatic carbocycles. The fourth-order valence-corrected chi connectivity index (χ4v) is 1.78. The molecule has 0 heterocycles. The third-order valence-electron chi connectivity index (χ3n) is 2.46. The quantitative estimate of drug-likeness (QED) is 0.762. The van der Waals surface area contributed by atoms with Crippen LogP contribution in [-0.4, -0.2) is 12.9 Å². The molecule has 4 heteroatoms. The molecule has 0 aliphatic rings. The van der Waals surface area contributed by atoms with Crippen molar-refractivity contribution in [2.24, 2.45) is 0 Å². The molecule has 0 bridgehead atoms. The fraction of sp³-hybridized carbons (Fsp3) is 0.133. The Hall–Kier alpha value is -2.00. The molecule has 0 aliphatic heterocycles. The molecule has 0 N–H and O–H groups in total. The number of hydrogen-bond acceptors (Lipinski definition) is 3. The van der Waals surface area contributed by atoms with E-state index in [-0.39, 0.29) is 0 Å². The predicted octanol–water partition coefficient (Wildman–Crippen LogP) is 4.34. The Morgan fingerprint density at radius 3 is 2.42 bits per heavy atom. The Morgan fingerprint density at radius 1 is 1.11 bits per heavy atom. The van der Waals surface area contributed by atoms with Gasteiger partial charge in [0, 0.05) is 5.02 Å². The van der Waals surface area contributed by atoms with Crippen molar-refractivity contribution < 1.29 is 14.3 Å². The van der Waals surface area contributed by atoms with Crippen LogP contribution in [0.25, 0.3) is 0 Å². The van der Waals surface area contributed by atoms with Crippen LogP contribution in [0.4, 0.5) is 0 Å². The largest absolute Gasteiger partial charge is 0.494 e. The van der Waals surface area contributed by atoms with E-state index in [0.29, 0.717) is 28.7 Å². The van der Waals surface area contributed by atoms with E-state index in [1.807, 2.05) is 19.1 Å². The highest BCUT2D eigenvalue weighted by Gasteiger charge is 2.05. The van der Waals surface area contributed by atoms with Crippen LogP contribution in [0.15, 0.2) is 42.5 Å². The molecular weight excluding hydrogens is 264 g/mol. The highest BCUT2D eigenvalue weighted by molar-refractivity contribution is 6.30. The van der Waals surface area contributed by atoms with E-state index in [4.69, 9.17) is 21.1 Å². The summed E-state index contributed by atoms with van der Waals surface area (Å²) in [7, 11) is 0. The molecule has 2 aromatic rings. The van der Waals surface area contributed by atoms with Gasteiger partial charge in [0.15, 0.2) is 6.29 Å². The summed E-state index contributed by atoms with van der Waals surface area (Å²) < 4.78 is 11.0. The molecule has 2 aromatic carbocycles. The fourth-order valence-electron chi connectivity index (χ4n) is 1.60. The lowest BCUT2D eigenvalue weighted by Gasteiger charge is -2.09. The van der Waals surface area contributed by atoms with Gasteiger partial charge in [-0.1, -0.05) is 11.6 Å². The van der Waals surface area contributed by atoms with Crippen LogP contribution < -0.4 is 9.47 Å². The number of carbonyl (C=O) groups excluding carboxylic acids is 1. The highest BCUT2D eigenvalue weighted by Crippen LogP contribution is 2.28. The molecule has 2 rings (SSSR count). The van der Waals surface area contributed by atoms with Crippen LogP contribution in [0.2, 0.25) is 5.02 Å². The lowest BCUT2D eigenvalue weighted by atomic mass is 10.2. The Balaban J connectivity index is 2.18. The second-order valence-corrected chi connectivity index (χ2v) is 4.24. The van der Waals surface area contributed by atoms with E-state index in [2.05, 4.69) is 0 Å². The van der Waals surface area contributed by atoms with Crippen molar-refractivity contribution in [3.05, 3.63) is 53.1 Å². The van der Waals surface area contributed by atoms with Crippen LogP contribution >= 0.6 is 11.6 Å². The minimum Gasteiger partial charge on any atom is -0.494 e. The zero-order valence-corrected chi connectivity index (χ0v) is 11.2. The molecule has 98 valence electrons. The molecule has 0 radical (unpaired) electrons. The standard InChI is InChI=1S/C15H13ClO3/c1-2-18-13-4-6-14(7-5-13)19-15-8-3-12(16)9-11(15)10-17/h3-10H,2H2,1H3. The van der Waals surface area contributed by atoms with Gasteiger partial charge in [-0.3, -0.25) is 4.79 Å². The van der Waals surface area contributed by atoms with Gasteiger partial charge in [-0.15, -0.1) is 0 Å². The van der Waals surface area contributed by atoms with Crippen molar-refractivity contribution in [1.29, 1.82) is 0 Å². The van der Waals surface area contributed by atoms with E-state index in [1.54, 1.807) is 30.3 Å². The monoisotopic (exact) mass is 276 g/mol. The topological polar surface area (TPSA) is 35.5 Å². The number of ether oxygens (including phenoxy) is 2. The smallest absolute Gasteiger partial charge is 0.153 e. The van der Waals surface area contributed by atoms with E-state index in [9.17, 15) is 4.79 Å². The SMILES string of the molecule is CCOc1ccc(Oc2ccc(Cl)cc2C=O)cc1. The number of hydrogen-bond donors (Lipinski definition) is 0. The molecule has 3 nitrogen and oxygen atoms in total. The first-order valence-corrected chi connectivity index (χ1v) is 6.26. The summed E-state index contributed by atoms with van der Waals surface area (Å²) in [5.74, 6) is 1.89. The van der Waals surface area contributed by atoms with Gasteiger partial charge in [0.25, 0.3) is 0 Å². The lowest BCUT2D eigenvalue weighted by molar-refractivity contribution is 0.112. The first-order chi connectivity index (χ1) is 9.22. The summed E-state index contributed by atoms with van der Waals surface area (Å²) in [5.41, 5.74) is 0.418. The molecule has 0 unspecified atom stereocenters. The third-order valence-corrected chi connectivity index (χ3v) is 2.70. The van der Waals surface area contributed by atoms with Crippen LogP contribution in [0.1, 0.15) is 17.3 Å². The number of benzene rings is 2. The molecule has 0 atom stereocenters. The third kappa shape index (κ3) is 3.48. The van der Waals surface area contributed by atoms with Crippen molar-refractivity contribution in [3.8, 4) is 17.2 Å². The first kappa shape index (κ1) is 13.4. The molecule has 0 spiro atoms. The van der Waals surface area contributed by atoms with E-state index in [0.717, 1.165) is 12.0 Å². The number of halogens is 1. The molecule has 0 amide bonds. The second-order valence-electron chi connectivity index (χ2n) is 3.81. The van der Waals surface area contributed by atoms with Gasteiger partial charge >= 0.3 is 0 Å². The van der Waals surface area contributed by atoms with Gasteiger partial charge in [0.05, 0.1) is 12.2 Å². The van der Waals surface area contributed by atoms with Crippen LogP contribution in [0, 0.1) is 0 Å². The Kier molecular flexibility index (Phi) is 4.42. The van der Waals surface area contributed by atoms with Gasteiger partial charge in [0.2, 0.25) is 0 Å². The molecule has 0 saturated carbocycles.